The van der Waals surface area contributed by atoms with Crippen LogP contribution in [0.15, 0.2) is 65.8 Å². The van der Waals surface area contributed by atoms with Crippen LogP contribution in [0.3, 0.4) is 0 Å². The largest absolute Gasteiger partial charge is 0.488 e. The van der Waals surface area contributed by atoms with Gasteiger partial charge in [-0.2, -0.15) is 5.10 Å². The molecule has 0 radical (unpaired) electrons. The molecule has 37 heavy (non-hydrogen) atoms. The lowest BCUT2D eigenvalue weighted by molar-refractivity contribution is -0.385. The van der Waals surface area contributed by atoms with Crippen LogP contribution in [0.5, 0.6) is 11.5 Å². The average Bonchev–Trinajstić information content (AvgIpc) is 2.89. The van der Waals surface area contributed by atoms with Gasteiger partial charge in [0.25, 0.3) is 5.91 Å². The number of rotatable bonds is 12. The first-order valence-electron chi connectivity index (χ1n) is 11.5. The first kappa shape index (κ1) is 27.4. The van der Waals surface area contributed by atoms with E-state index in [2.05, 4.69) is 15.4 Å². The summed E-state index contributed by atoms with van der Waals surface area (Å²) in [5.41, 5.74) is 3.73. The highest BCUT2D eigenvalue weighted by atomic mass is 35.5. The Morgan fingerprint density at radius 1 is 1.11 bits per heavy atom. The highest BCUT2D eigenvalue weighted by Crippen LogP contribution is 2.28. The second-order valence-corrected chi connectivity index (χ2v) is 8.10. The van der Waals surface area contributed by atoms with Gasteiger partial charge in [0.15, 0.2) is 12.4 Å². The van der Waals surface area contributed by atoms with E-state index in [1.165, 1.54) is 36.5 Å². The molecule has 0 fully saturated rings. The van der Waals surface area contributed by atoms with Crippen LogP contribution in [-0.4, -0.2) is 36.7 Å². The number of amides is 1. The molecule has 9 nitrogen and oxygen atoms in total. The number of nitrogens with one attached hydrogen (secondary N) is 1. The maximum absolute atomic E-state index is 14.2. The van der Waals surface area contributed by atoms with E-state index in [0.717, 1.165) is 18.8 Å². The molecule has 11 heteroatoms. The van der Waals surface area contributed by atoms with Crippen LogP contribution in [-0.2, 0) is 11.4 Å². The van der Waals surface area contributed by atoms with Crippen molar-refractivity contribution in [3.05, 3.63) is 92.7 Å². The normalized spacial score (nSPS) is 10.8. The van der Waals surface area contributed by atoms with Gasteiger partial charge in [-0.3, -0.25) is 14.9 Å². The van der Waals surface area contributed by atoms with Gasteiger partial charge in [0.1, 0.15) is 18.2 Å². The molecule has 0 atom stereocenters. The highest BCUT2D eigenvalue weighted by molar-refractivity contribution is 6.31. The number of carbonyl (C=O) groups is 1. The number of nitrogens with zero attached hydrogens (tertiary/aromatic N) is 3. The number of anilines is 1. The maximum atomic E-state index is 14.2. The smallest absolute Gasteiger partial charge is 0.310 e. The molecule has 1 N–H and O–H groups in total. The standard InChI is InChI=1S/C26H26ClFN4O5/c1-3-31(4-2)19-13-12-18(25(14-19)36-16-20-21(27)8-7-9-22(20)28)15-29-30-26(33)17-37-24-11-6-5-10-23(24)32(34)35/h5-15H,3-4,16-17H2,1-2H3,(H,30,33). The zero-order valence-corrected chi connectivity index (χ0v) is 21.1. The third-order valence-corrected chi connectivity index (χ3v) is 5.73. The number of halogens is 2. The van der Waals surface area contributed by atoms with E-state index >= 15 is 0 Å². The predicted octanol–water partition coefficient (Wildman–Crippen LogP) is 5.34. The summed E-state index contributed by atoms with van der Waals surface area (Å²) in [5.74, 6) is -0.706. The van der Waals surface area contributed by atoms with Gasteiger partial charge in [0.2, 0.25) is 0 Å². The van der Waals surface area contributed by atoms with Crippen molar-refractivity contribution in [3.63, 3.8) is 0 Å². The zero-order valence-electron chi connectivity index (χ0n) is 20.3. The van der Waals surface area contributed by atoms with E-state index < -0.39 is 23.3 Å². The fraction of sp³-hybridized carbons (Fsp3) is 0.231. The van der Waals surface area contributed by atoms with Crippen LogP contribution in [0.4, 0.5) is 15.8 Å². The van der Waals surface area contributed by atoms with Gasteiger partial charge in [-0.1, -0.05) is 29.8 Å². The minimum Gasteiger partial charge on any atom is -0.488 e. The number of nitro groups is 1. The Morgan fingerprint density at radius 3 is 2.57 bits per heavy atom. The molecule has 3 aromatic carbocycles. The number of benzene rings is 3. The van der Waals surface area contributed by atoms with Gasteiger partial charge in [0, 0.05) is 42.0 Å². The molecule has 194 valence electrons. The monoisotopic (exact) mass is 528 g/mol. The Bertz CT molecular complexity index is 1260. The van der Waals surface area contributed by atoms with Gasteiger partial charge in [-0.25, -0.2) is 9.82 Å². The summed E-state index contributed by atoms with van der Waals surface area (Å²) in [7, 11) is 0. The topological polar surface area (TPSA) is 106 Å². The van der Waals surface area contributed by atoms with Gasteiger partial charge in [0.05, 0.1) is 16.2 Å². The number of hydrogen-bond acceptors (Lipinski definition) is 7. The Balaban J connectivity index is 1.72. The van der Waals surface area contributed by atoms with E-state index in [-0.39, 0.29) is 28.6 Å². The van der Waals surface area contributed by atoms with Crippen molar-refractivity contribution in [2.45, 2.75) is 20.5 Å². The molecule has 3 rings (SSSR count). The highest BCUT2D eigenvalue weighted by Gasteiger charge is 2.15. The molecule has 3 aromatic rings. The molecule has 0 aromatic heterocycles. The Labute approximate surface area is 218 Å². The van der Waals surface area contributed by atoms with Crippen molar-refractivity contribution in [1.29, 1.82) is 0 Å². The fourth-order valence-corrected chi connectivity index (χ4v) is 3.66. The lowest BCUT2D eigenvalue weighted by Crippen LogP contribution is -2.24. The SMILES string of the molecule is CCN(CC)c1ccc(C=NNC(=O)COc2ccccc2[N+](=O)[O-])c(OCc2c(F)cccc2Cl)c1. The molecular formula is C26H26ClFN4O5. The van der Waals surface area contributed by atoms with Crippen molar-refractivity contribution < 1.29 is 23.6 Å². The number of para-hydroxylation sites is 2. The van der Waals surface area contributed by atoms with Crippen molar-refractivity contribution >= 4 is 35.1 Å². The van der Waals surface area contributed by atoms with Gasteiger partial charge >= 0.3 is 5.69 Å². The second-order valence-electron chi connectivity index (χ2n) is 7.69. The maximum Gasteiger partial charge on any atom is 0.310 e. The van der Waals surface area contributed by atoms with Crippen LogP contribution in [0.2, 0.25) is 5.02 Å². The van der Waals surface area contributed by atoms with Gasteiger partial charge in [-0.15, -0.1) is 0 Å². The van der Waals surface area contributed by atoms with E-state index in [0.29, 0.717) is 11.3 Å². The first-order chi connectivity index (χ1) is 17.8. The van der Waals surface area contributed by atoms with Crippen molar-refractivity contribution in [2.75, 3.05) is 24.6 Å². The summed E-state index contributed by atoms with van der Waals surface area (Å²) < 4.78 is 25.4. The van der Waals surface area contributed by atoms with Gasteiger partial charge < -0.3 is 14.4 Å². The van der Waals surface area contributed by atoms with Crippen molar-refractivity contribution in [3.8, 4) is 11.5 Å². The first-order valence-corrected chi connectivity index (χ1v) is 11.8. The van der Waals surface area contributed by atoms with E-state index in [1.807, 2.05) is 26.0 Å². The van der Waals surface area contributed by atoms with Crippen LogP contribution in [0, 0.1) is 15.9 Å². The summed E-state index contributed by atoms with van der Waals surface area (Å²) in [6, 6.07) is 15.6. The number of hydrogen-bond donors (Lipinski definition) is 1. The molecule has 0 aliphatic carbocycles. The van der Waals surface area contributed by atoms with E-state index in [1.54, 1.807) is 18.2 Å². The minimum absolute atomic E-state index is 0.0267. The summed E-state index contributed by atoms with van der Waals surface area (Å²) in [5, 5.41) is 15.3. The molecular weight excluding hydrogens is 503 g/mol. The van der Waals surface area contributed by atoms with Crippen molar-refractivity contribution in [1.82, 2.24) is 5.43 Å². The Morgan fingerprint density at radius 2 is 1.86 bits per heavy atom. The average molecular weight is 529 g/mol. The molecule has 0 heterocycles. The molecule has 0 unspecified atom stereocenters. The minimum atomic E-state index is -0.616. The summed E-state index contributed by atoms with van der Waals surface area (Å²) in [4.78, 5) is 24.8. The van der Waals surface area contributed by atoms with Crippen LogP contribution in [0.25, 0.3) is 0 Å². The van der Waals surface area contributed by atoms with Crippen molar-refractivity contribution in [2.24, 2.45) is 5.10 Å². The molecule has 1 amide bonds. The van der Waals surface area contributed by atoms with Crippen LogP contribution in [0.1, 0.15) is 25.0 Å². The van der Waals surface area contributed by atoms with E-state index in [9.17, 15) is 19.3 Å². The lowest BCUT2D eigenvalue weighted by Gasteiger charge is -2.22. The number of nitro benzene ring substituents is 1. The molecule has 0 saturated heterocycles. The molecule has 0 aliphatic heterocycles. The molecule has 0 aliphatic rings. The predicted molar refractivity (Wildman–Crippen MR) is 140 cm³/mol. The van der Waals surface area contributed by atoms with Crippen LogP contribution >= 0.6 is 11.6 Å². The molecule has 0 bridgehead atoms. The Kier molecular flexibility index (Phi) is 9.79. The number of ether oxygens (including phenoxy) is 2. The van der Waals surface area contributed by atoms with Crippen LogP contribution < -0.4 is 19.8 Å². The Hall–Kier alpha value is -4.18. The number of carbonyl (C=O) groups excluding carboxylic acids is 1. The molecule has 0 saturated carbocycles. The molecule has 0 spiro atoms. The quantitative estimate of drug-likeness (QED) is 0.193. The third-order valence-electron chi connectivity index (χ3n) is 5.37. The fourth-order valence-electron chi connectivity index (χ4n) is 3.44. The zero-order chi connectivity index (χ0) is 26.8. The second kappa shape index (κ2) is 13.2. The van der Waals surface area contributed by atoms with Gasteiger partial charge in [-0.05, 0) is 44.2 Å². The third kappa shape index (κ3) is 7.40. The van der Waals surface area contributed by atoms with E-state index in [4.69, 9.17) is 21.1 Å². The summed E-state index contributed by atoms with van der Waals surface area (Å²) in [6.45, 7) is 5.03. The number of hydrazone groups is 1. The summed E-state index contributed by atoms with van der Waals surface area (Å²) >= 11 is 6.13. The lowest BCUT2D eigenvalue weighted by atomic mass is 10.1. The summed E-state index contributed by atoms with van der Waals surface area (Å²) in [6.07, 6.45) is 1.38.